The van der Waals surface area contributed by atoms with Gasteiger partial charge in [0.05, 0.1) is 17.2 Å². The predicted molar refractivity (Wildman–Crippen MR) is 101 cm³/mol. The van der Waals surface area contributed by atoms with Crippen molar-refractivity contribution in [3.63, 3.8) is 0 Å². The summed E-state index contributed by atoms with van der Waals surface area (Å²) in [7, 11) is 0. The molecule has 1 aliphatic rings. The van der Waals surface area contributed by atoms with E-state index in [1.807, 2.05) is 12.3 Å². The fourth-order valence-corrected chi connectivity index (χ4v) is 4.20. The average molecular weight is 373 g/mol. The van der Waals surface area contributed by atoms with Gasteiger partial charge in [0.15, 0.2) is 0 Å². The van der Waals surface area contributed by atoms with E-state index in [2.05, 4.69) is 15.3 Å². The minimum atomic E-state index is -0.523. The van der Waals surface area contributed by atoms with E-state index in [1.165, 1.54) is 18.5 Å². The van der Waals surface area contributed by atoms with Crippen LogP contribution in [0, 0.1) is 12.7 Å². The molecular formula is C19H20FN3O2S. The van der Waals surface area contributed by atoms with E-state index in [4.69, 9.17) is 4.74 Å². The first-order chi connectivity index (χ1) is 12.6. The summed E-state index contributed by atoms with van der Waals surface area (Å²) in [6.45, 7) is 2.01. The lowest BCUT2D eigenvalue weighted by molar-refractivity contribution is 0.00712. The van der Waals surface area contributed by atoms with Crippen molar-refractivity contribution in [3.8, 4) is 5.75 Å². The van der Waals surface area contributed by atoms with Gasteiger partial charge >= 0.3 is 0 Å². The fourth-order valence-electron chi connectivity index (χ4n) is 3.31. The number of benzene rings is 1. The van der Waals surface area contributed by atoms with Crippen molar-refractivity contribution in [2.24, 2.45) is 0 Å². The summed E-state index contributed by atoms with van der Waals surface area (Å²) in [4.78, 5) is 9.53. The van der Waals surface area contributed by atoms with Crippen LogP contribution in [-0.4, -0.2) is 27.3 Å². The molecule has 4 rings (SSSR count). The standard InChI is InChI=1S/C19H20FN3O2S/c1-11-9-26-19-17(11)18(21-10-22-19)23-13-7-6-12(20)8-16(13)25-15-5-3-2-4-14(15)24/h6-10,14-15,24H,2-5H2,1H3,(H,21,22,23)/t14-,15+/m0/s1. The van der Waals surface area contributed by atoms with Crippen molar-refractivity contribution in [1.82, 2.24) is 9.97 Å². The molecule has 2 heterocycles. The third kappa shape index (κ3) is 3.37. The molecule has 0 amide bonds. The molecular weight excluding hydrogens is 353 g/mol. The minimum Gasteiger partial charge on any atom is -0.485 e. The largest absolute Gasteiger partial charge is 0.485 e. The molecule has 3 aromatic rings. The van der Waals surface area contributed by atoms with E-state index < -0.39 is 6.10 Å². The monoisotopic (exact) mass is 373 g/mol. The number of aliphatic hydroxyl groups excluding tert-OH is 1. The maximum Gasteiger partial charge on any atom is 0.146 e. The normalized spacial score (nSPS) is 20.3. The van der Waals surface area contributed by atoms with Crippen molar-refractivity contribution in [2.45, 2.75) is 44.8 Å². The summed E-state index contributed by atoms with van der Waals surface area (Å²) in [5.74, 6) is 0.667. The molecule has 2 atom stereocenters. The summed E-state index contributed by atoms with van der Waals surface area (Å²) in [6, 6.07) is 4.36. The number of nitrogens with zero attached hydrogens (tertiary/aromatic N) is 2. The number of anilines is 2. The zero-order valence-corrected chi connectivity index (χ0v) is 15.2. The Bertz CT molecular complexity index is 930. The molecule has 5 nitrogen and oxygen atoms in total. The molecule has 7 heteroatoms. The molecule has 0 bridgehead atoms. The Kier molecular flexibility index (Phi) is 4.74. The van der Waals surface area contributed by atoms with Crippen LogP contribution in [0.3, 0.4) is 0 Å². The highest BCUT2D eigenvalue weighted by Crippen LogP contribution is 2.35. The zero-order chi connectivity index (χ0) is 18.1. The van der Waals surface area contributed by atoms with Gasteiger partial charge in [-0.05, 0) is 49.3 Å². The molecule has 1 aliphatic carbocycles. The van der Waals surface area contributed by atoms with Crippen molar-refractivity contribution in [1.29, 1.82) is 0 Å². The first-order valence-corrected chi connectivity index (χ1v) is 9.60. The van der Waals surface area contributed by atoms with E-state index in [0.717, 1.165) is 35.0 Å². The number of ether oxygens (including phenoxy) is 1. The second-order valence-corrected chi connectivity index (χ2v) is 7.45. The number of nitrogens with one attached hydrogen (secondary N) is 1. The number of fused-ring (bicyclic) bond motifs is 1. The number of aromatic nitrogens is 2. The van der Waals surface area contributed by atoms with Crippen LogP contribution in [0.25, 0.3) is 10.2 Å². The van der Waals surface area contributed by atoms with Crippen molar-refractivity contribution in [2.75, 3.05) is 5.32 Å². The fraction of sp³-hybridized carbons (Fsp3) is 0.368. The Balaban J connectivity index is 1.67. The number of hydrogen-bond acceptors (Lipinski definition) is 6. The summed E-state index contributed by atoms with van der Waals surface area (Å²) in [5.41, 5.74) is 1.70. The molecule has 0 radical (unpaired) electrons. The Morgan fingerprint density at radius 2 is 2.12 bits per heavy atom. The Morgan fingerprint density at radius 3 is 2.96 bits per heavy atom. The Labute approximate surface area is 154 Å². The van der Waals surface area contributed by atoms with Gasteiger partial charge in [-0.25, -0.2) is 14.4 Å². The number of rotatable bonds is 4. The topological polar surface area (TPSA) is 67.3 Å². The maximum atomic E-state index is 13.8. The molecule has 0 aliphatic heterocycles. The number of halogens is 1. The minimum absolute atomic E-state index is 0.320. The highest BCUT2D eigenvalue weighted by Gasteiger charge is 2.26. The summed E-state index contributed by atoms with van der Waals surface area (Å²) in [6.07, 6.45) is 4.13. The molecule has 2 N–H and O–H groups in total. The summed E-state index contributed by atoms with van der Waals surface area (Å²) >= 11 is 1.56. The Hall–Kier alpha value is -2.25. The van der Waals surface area contributed by atoms with Gasteiger partial charge in [-0.1, -0.05) is 6.42 Å². The van der Waals surface area contributed by atoms with Crippen LogP contribution in [0.4, 0.5) is 15.9 Å². The SMILES string of the molecule is Cc1csc2ncnc(Nc3ccc(F)cc3O[C@@H]3CCCC[C@@H]3O)c12. The van der Waals surface area contributed by atoms with Crippen LogP contribution >= 0.6 is 11.3 Å². The van der Waals surface area contributed by atoms with Crippen LogP contribution in [0.15, 0.2) is 29.9 Å². The second kappa shape index (κ2) is 7.17. The molecule has 0 unspecified atom stereocenters. The van der Waals surface area contributed by atoms with Gasteiger partial charge in [0.2, 0.25) is 0 Å². The van der Waals surface area contributed by atoms with E-state index in [9.17, 15) is 9.50 Å². The van der Waals surface area contributed by atoms with Crippen LogP contribution in [-0.2, 0) is 0 Å². The number of aryl methyl sites for hydroxylation is 1. The molecule has 1 saturated carbocycles. The zero-order valence-electron chi connectivity index (χ0n) is 14.4. The van der Waals surface area contributed by atoms with Gasteiger partial charge in [-0.15, -0.1) is 11.3 Å². The molecule has 26 heavy (non-hydrogen) atoms. The van der Waals surface area contributed by atoms with Gasteiger partial charge < -0.3 is 15.2 Å². The van der Waals surface area contributed by atoms with Crippen LogP contribution < -0.4 is 10.1 Å². The van der Waals surface area contributed by atoms with Gasteiger partial charge in [-0.3, -0.25) is 0 Å². The lowest BCUT2D eigenvalue weighted by atomic mass is 9.95. The number of thiophene rings is 1. The first-order valence-electron chi connectivity index (χ1n) is 8.72. The number of hydrogen-bond donors (Lipinski definition) is 2. The summed E-state index contributed by atoms with van der Waals surface area (Å²) in [5, 5.41) is 16.4. The van der Waals surface area contributed by atoms with E-state index in [0.29, 0.717) is 23.7 Å². The van der Waals surface area contributed by atoms with Gasteiger partial charge in [0.1, 0.15) is 34.6 Å². The van der Waals surface area contributed by atoms with Gasteiger partial charge in [0, 0.05) is 6.07 Å². The lowest BCUT2D eigenvalue weighted by Crippen LogP contribution is -2.34. The molecule has 1 aromatic carbocycles. The van der Waals surface area contributed by atoms with Gasteiger partial charge in [0.25, 0.3) is 0 Å². The molecule has 136 valence electrons. The lowest BCUT2D eigenvalue weighted by Gasteiger charge is -2.29. The average Bonchev–Trinajstić information content (AvgIpc) is 3.01. The number of aliphatic hydroxyl groups is 1. The quantitative estimate of drug-likeness (QED) is 0.701. The van der Waals surface area contributed by atoms with Crippen molar-refractivity contribution < 1.29 is 14.2 Å². The van der Waals surface area contributed by atoms with Crippen molar-refractivity contribution >= 4 is 33.1 Å². The Morgan fingerprint density at radius 1 is 1.27 bits per heavy atom. The van der Waals surface area contributed by atoms with Crippen LogP contribution in [0.1, 0.15) is 31.2 Å². The third-order valence-corrected chi connectivity index (χ3v) is 5.70. The molecule has 0 saturated heterocycles. The smallest absolute Gasteiger partial charge is 0.146 e. The van der Waals surface area contributed by atoms with Crippen LogP contribution in [0.2, 0.25) is 0 Å². The third-order valence-electron chi connectivity index (χ3n) is 4.70. The predicted octanol–water partition coefficient (Wildman–Crippen LogP) is 4.56. The van der Waals surface area contributed by atoms with E-state index in [-0.39, 0.29) is 11.9 Å². The molecule has 0 spiro atoms. The van der Waals surface area contributed by atoms with Gasteiger partial charge in [-0.2, -0.15) is 0 Å². The first kappa shape index (κ1) is 17.2. The second-order valence-electron chi connectivity index (χ2n) is 6.59. The summed E-state index contributed by atoms with van der Waals surface area (Å²) < 4.78 is 19.8. The molecule has 2 aromatic heterocycles. The highest BCUT2D eigenvalue weighted by molar-refractivity contribution is 7.17. The highest BCUT2D eigenvalue weighted by atomic mass is 32.1. The van der Waals surface area contributed by atoms with Crippen molar-refractivity contribution in [3.05, 3.63) is 41.3 Å². The van der Waals surface area contributed by atoms with Crippen LogP contribution in [0.5, 0.6) is 5.75 Å². The molecule has 1 fully saturated rings. The maximum absolute atomic E-state index is 13.8. The van der Waals surface area contributed by atoms with E-state index >= 15 is 0 Å². The van der Waals surface area contributed by atoms with E-state index in [1.54, 1.807) is 17.4 Å².